The van der Waals surface area contributed by atoms with Crippen LogP contribution in [0.2, 0.25) is 0 Å². The maximum atomic E-state index is 11.3. The zero-order valence-electron chi connectivity index (χ0n) is 10.5. The van der Waals surface area contributed by atoms with Crippen LogP contribution in [-0.4, -0.2) is 22.0 Å². The number of aliphatic carboxylic acids is 1. The quantitative estimate of drug-likeness (QED) is 0.762. The number of carboxylic acid groups (broad SMARTS) is 1. The molecule has 6 nitrogen and oxygen atoms in total. The van der Waals surface area contributed by atoms with Crippen LogP contribution in [0.1, 0.15) is 22.0 Å². The van der Waals surface area contributed by atoms with Gasteiger partial charge in [0.25, 0.3) is 0 Å². The maximum absolute atomic E-state index is 11.3. The number of aromatic nitrogens is 1. The number of rotatable bonds is 5. The monoisotopic (exact) mass is 271 g/mol. The van der Waals surface area contributed by atoms with Crippen molar-refractivity contribution >= 4 is 17.7 Å². The summed E-state index contributed by atoms with van der Waals surface area (Å²) >= 11 is 0. The van der Waals surface area contributed by atoms with Gasteiger partial charge < -0.3 is 16.2 Å². The highest BCUT2D eigenvalue weighted by Gasteiger charge is 2.20. The molecule has 1 aromatic heterocycles. The molecule has 1 aromatic carbocycles. The Balaban J connectivity index is 2.27. The second-order valence-corrected chi connectivity index (χ2v) is 4.12. The molecule has 0 fully saturated rings. The van der Waals surface area contributed by atoms with E-state index in [0.717, 1.165) is 0 Å². The highest BCUT2D eigenvalue weighted by Crippen LogP contribution is 2.19. The van der Waals surface area contributed by atoms with Crippen LogP contribution >= 0.6 is 0 Å². The molecule has 1 amide bonds. The van der Waals surface area contributed by atoms with Gasteiger partial charge in [-0.2, -0.15) is 0 Å². The molecule has 0 aliphatic carbocycles. The number of amides is 1. The molecule has 0 aliphatic rings. The van der Waals surface area contributed by atoms with Crippen LogP contribution in [-0.2, 0) is 4.79 Å². The highest BCUT2D eigenvalue weighted by molar-refractivity contribution is 5.93. The Kier molecular flexibility index (Phi) is 3.95. The number of hydrogen-bond acceptors (Lipinski definition) is 4. The first-order chi connectivity index (χ1) is 9.58. The minimum Gasteiger partial charge on any atom is -0.479 e. The van der Waals surface area contributed by atoms with E-state index in [9.17, 15) is 14.7 Å². The van der Waals surface area contributed by atoms with Gasteiger partial charge in [0.2, 0.25) is 5.91 Å². The number of carboxylic acids is 1. The van der Waals surface area contributed by atoms with Crippen LogP contribution in [0.3, 0.4) is 0 Å². The molecule has 4 N–H and O–H groups in total. The van der Waals surface area contributed by atoms with E-state index in [-0.39, 0.29) is 11.4 Å². The van der Waals surface area contributed by atoms with Gasteiger partial charge in [-0.15, -0.1) is 0 Å². The van der Waals surface area contributed by atoms with E-state index in [1.165, 1.54) is 18.3 Å². The molecule has 0 saturated heterocycles. The van der Waals surface area contributed by atoms with Gasteiger partial charge in [-0.3, -0.25) is 4.79 Å². The molecule has 1 unspecified atom stereocenters. The molecule has 2 rings (SSSR count). The smallest absolute Gasteiger partial charge is 0.330 e. The zero-order chi connectivity index (χ0) is 14.5. The predicted molar refractivity (Wildman–Crippen MR) is 73.2 cm³/mol. The van der Waals surface area contributed by atoms with Crippen molar-refractivity contribution in [3.63, 3.8) is 0 Å². The van der Waals surface area contributed by atoms with Crippen molar-refractivity contribution in [3.05, 3.63) is 59.8 Å². The van der Waals surface area contributed by atoms with Crippen LogP contribution in [0, 0.1) is 0 Å². The van der Waals surface area contributed by atoms with Gasteiger partial charge in [0.15, 0.2) is 6.04 Å². The Labute approximate surface area is 115 Å². The minimum absolute atomic E-state index is 0.264. The van der Waals surface area contributed by atoms with Gasteiger partial charge in [0.1, 0.15) is 5.82 Å². The lowest BCUT2D eigenvalue weighted by Gasteiger charge is -2.15. The summed E-state index contributed by atoms with van der Waals surface area (Å²) in [6, 6.07) is 10.6. The average molecular weight is 271 g/mol. The normalized spacial score (nSPS) is 11.6. The maximum Gasteiger partial charge on any atom is 0.330 e. The molecule has 0 spiro atoms. The van der Waals surface area contributed by atoms with Gasteiger partial charge >= 0.3 is 5.97 Å². The number of nitrogens with zero attached hydrogens (tertiary/aromatic N) is 1. The number of hydrogen-bond donors (Lipinski definition) is 3. The van der Waals surface area contributed by atoms with Crippen LogP contribution < -0.4 is 11.1 Å². The average Bonchev–Trinajstić information content (AvgIpc) is 2.45. The topological polar surface area (TPSA) is 105 Å². The van der Waals surface area contributed by atoms with E-state index in [1.54, 1.807) is 30.3 Å². The molecule has 1 heterocycles. The Morgan fingerprint density at radius 2 is 1.90 bits per heavy atom. The summed E-state index contributed by atoms with van der Waals surface area (Å²) in [7, 11) is 0. The molecule has 0 bridgehead atoms. The lowest BCUT2D eigenvalue weighted by Crippen LogP contribution is -2.21. The van der Waals surface area contributed by atoms with Crippen molar-refractivity contribution in [3.8, 4) is 0 Å². The molecule has 0 saturated carbocycles. The summed E-state index contributed by atoms with van der Waals surface area (Å²) < 4.78 is 0. The first kappa shape index (κ1) is 13.5. The molecular formula is C14H13N3O3. The summed E-state index contributed by atoms with van der Waals surface area (Å²) in [6.45, 7) is 0. The Hall–Kier alpha value is -2.89. The van der Waals surface area contributed by atoms with Crippen LogP contribution in [0.5, 0.6) is 0 Å². The van der Waals surface area contributed by atoms with Crippen LogP contribution in [0.25, 0.3) is 0 Å². The lowest BCUT2D eigenvalue weighted by molar-refractivity contribution is -0.138. The van der Waals surface area contributed by atoms with Crippen molar-refractivity contribution < 1.29 is 14.7 Å². The number of carbonyl (C=O) groups excluding carboxylic acids is 1. The Morgan fingerprint density at radius 1 is 1.20 bits per heavy atom. The number of anilines is 1. The standard InChI is InChI=1S/C14H13N3O3/c15-13(18)10-6-7-16-11(8-10)17-12(14(19)20)9-4-2-1-3-5-9/h1-8,12H,(H2,15,18)(H,16,17)(H,19,20). The van der Waals surface area contributed by atoms with Crippen LogP contribution in [0.15, 0.2) is 48.7 Å². The third-order valence-electron chi connectivity index (χ3n) is 2.72. The predicted octanol–water partition coefficient (Wildman–Crippen LogP) is 1.42. The summed E-state index contributed by atoms with van der Waals surface area (Å²) in [5, 5.41) is 12.1. The third kappa shape index (κ3) is 3.11. The zero-order valence-corrected chi connectivity index (χ0v) is 10.5. The fourth-order valence-corrected chi connectivity index (χ4v) is 1.74. The van der Waals surface area contributed by atoms with Crippen molar-refractivity contribution in [2.45, 2.75) is 6.04 Å². The number of carbonyl (C=O) groups is 2. The van der Waals surface area contributed by atoms with Gasteiger partial charge in [0.05, 0.1) is 0 Å². The molecule has 20 heavy (non-hydrogen) atoms. The van der Waals surface area contributed by atoms with E-state index in [4.69, 9.17) is 5.73 Å². The molecule has 0 radical (unpaired) electrons. The first-order valence-electron chi connectivity index (χ1n) is 5.88. The molecule has 6 heteroatoms. The second-order valence-electron chi connectivity index (χ2n) is 4.12. The van der Waals surface area contributed by atoms with Crippen molar-refractivity contribution in [2.24, 2.45) is 5.73 Å². The molecular weight excluding hydrogens is 258 g/mol. The van der Waals surface area contributed by atoms with Gasteiger partial charge in [-0.1, -0.05) is 30.3 Å². The number of nitrogens with two attached hydrogens (primary N) is 1. The van der Waals surface area contributed by atoms with Gasteiger partial charge in [0, 0.05) is 11.8 Å². The largest absolute Gasteiger partial charge is 0.479 e. The first-order valence-corrected chi connectivity index (χ1v) is 5.88. The van der Waals surface area contributed by atoms with E-state index in [0.29, 0.717) is 5.56 Å². The van der Waals surface area contributed by atoms with Gasteiger partial charge in [-0.25, -0.2) is 9.78 Å². The van der Waals surface area contributed by atoms with Crippen LogP contribution in [0.4, 0.5) is 5.82 Å². The summed E-state index contributed by atoms with van der Waals surface area (Å²) in [6.07, 6.45) is 1.40. The van der Waals surface area contributed by atoms with Gasteiger partial charge in [-0.05, 0) is 17.7 Å². The van der Waals surface area contributed by atoms with Crippen molar-refractivity contribution in [1.82, 2.24) is 4.98 Å². The van der Waals surface area contributed by atoms with E-state index >= 15 is 0 Å². The SMILES string of the molecule is NC(=O)c1ccnc(NC(C(=O)O)c2ccccc2)c1. The van der Waals surface area contributed by atoms with E-state index in [2.05, 4.69) is 10.3 Å². The molecule has 0 aliphatic heterocycles. The second kappa shape index (κ2) is 5.83. The number of primary amides is 1. The molecule has 1 atom stereocenters. The Bertz CT molecular complexity index is 629. The fourth-order valence-electron chi connectivity index (χ4n) is 1.74. The number of nitrogens with one attached hydrogen (secondary N) is 1. The lowest BCUT2D eigenvalue weighted by atomic mass is 10.1. The third-order valence-corrected chi connectivity index (χ3v) is 2.72. The summed E-state index contributed by atoms with van der Waals surface area (Å²) in [5.74, 6) is -1.36. The highest BCUT2D eigenvalue weighted by atomic mass is 16.4. The fraction of sp³-hybridized carbons (Fsp3) is 0.0714. The summed E-state index contributed by atoms with van der Waals surface area (Å²) in [5.41, 5.74) is 6.03. The molecule has 2 aromatic rings. The van der Waals surface area contributed by atoms with E-state index in [1.807, 2.05) is 0 Å². The number of benzene rings is 1. The van der Waals surface area contributed by atoms with E-state index < -0.39 is 17.9 Å². The molecule has 102 valence electrons. The minimum atomic E-state index is -1.04. The summed E-state index contributed by atoms with van der Waals surface area (Å²) in [4.78, 5) is 26.4. The van der Waals surface area contributed by atoms with Crippen molar-refractivity contribution in [2.75, 3.05) is 5.32 Å². The van der Waals surface area contributed by atoms with Crippen molar-refractivity contribution in [1.29, 1.82) is 0 Å². The number of pyridine rings is 1. The Morgan fingerprint density at radius 3 is 2.50 bits per heavy atom.